The van der Waals surface area contributed by atoms with Gasteiger partial charge in [-0.05, 0) is 67.4 Å². The summed E-state index contributed by atoms with van der Waals surface area (Å²) in [7, 11) is 1.63. The molecule has 0 aromatic heterocycles. The number of halogens is 2. The highest BCUT2D eigenvalue weighted by Gasteiger charge is 2.28. The lowest BCUT2D eigenvalue weighted by Gasteiger charge is -2.22. The fourth-order valence-electron chi connectivity index (χ4n) is 3.76. The highest BCUT2D eigenvalue weighted by molar-refractivity contribution is 6.42. The summed E-state index contributed by atoms with van der Waals surface area (Å²) in [6.45, 7) is 2.67. The van der Waals surface area contributed by atoms with Gasteiger partial charge >= 0.3 is 0 Å². The molecule has 3 aromatic carbocycles. The highest BCUT2D eigenvalue weighted by atomic mass is 35.5. The number of rotatable bonds is 6. The molecule has 0 saturated heterocycles. The number of benzene rings is 3. The Labute approximate surface area is 208 Å². The third-order valence-corrected chi connectivity index (χ3v) is 6.39. The van der Waals surface area contributed by atoms with Crippen molar-refractivity contribution in [2.75, 3.05) is 19.0 Å². The van der Waals surface area contributed by atoms with Crippen LogP contribution in [-0.2, 0) is 17.8 Å². The van der Waals surface area contributed by atoms with Crippen LogP contribution in [0, 0.1) is 0 Å². The molecule has 1 heterocycles. The van der Waals surface area contributed by atoms with Crippen LogP contribution in [-0.4, -0.2) is 36.5 Å². The van der Waals surface area contributed by atoms with Crippen molar-refractivity contribution in [1.29, 1.82) is 0 Å². The monoisotopic (exact) mass is 498 g/mol. The lowest BCUT2D eigenvalue weighted by Crippen LogP contribution is -2.39. The van der Waals surface area contributed by atoms with E-state index in [1.165, 1.54) is 6.07 Å². The Kier molecular flexibility index (Phi) is 7.29. The zero-order valence-electron chi connectivity index (χ0n) is 18.8. The zero-order chi connectivity index (χ0) is 24.2. The van der Waals surface area contributed by atoms with Gasteiger partial charge in [0.15, 0.2) is 6.10 Å². The van der Waals surface area contributed by atoms with Crippen LogP contribution >= 0.6 is 23.2 Å². The zero-order valence-corrected chi connectivity index (χ0v) is 20.3. The molecule has 3 aromatic rings. The van der Waals surface area contributed by atoms with Crippen molar-refractivity contribution < 1.29 is 19.1 Å². The number of nitrogens with zero attached hydrogens (tertiary/aromatic N) is 1. The normalized spacial score (nSPS) is 15.2. The Morgan fingerprint density at radius 1 is 1.09 bits per heavy atom. The lowest BCUT2D eigenvalue weighted by atomic mass is 10.1. The van der Waals surface area contributed by atoms with E-state index in [1.807, 2.05) is 30.3 Å². The van der Waals surface area contributed by atoms with E-state index in [1.54, 1.807) is 43.2 Å². The van der Waals surface area contributed by atoms with E-state index in [-0.39, 0.29) is 11.8 Å². The number of nitrogens with one attached hydrogen (secondary N) is 1. The second-order valence-electron chi connectivity index (χ2n) is 8.02. The van der Waals surface area contributed by atoms with Crippen LogP contribution in [0.15, 0.2) is 60.7 Å². The molecule has 0 bridgehead atoms. The number of anilines is 1. The molecule has 8 heteroatoms. The van der Waals surface area contributed by atoms with E-state index in [0.29, 0.717) is 46.6 Å². The molecule has 34 heavy (non-hydrogen) atoms. The predicted octanol–water partition coefficient (Wildman–Crippen LogP) is 5.61. The molecular formula is C26H24Cl2N2O4. The van der Waals surface area contributed by atoms with Crippen molar-refractivity contribution in [2.24, 2.45) is 0 Å². The maximum Gasteiger partial charge on any atom is 0.263 e. The Morgan fingerprint density at radius 3 is 2.56 bits per heavy atom. The van der Waals surface area contributed by atoms with Gasteiger partial charge < -0.3 is 19.7 Å². The predicted molar refractivity (Wildman–Crippen MR) is 133 cm³/mol. The fraction of sp³-hybridized carbons (Fsp3) is 0.231. The first-order valence-electron chi connectivity index (χ1n) is 10.8. The van der Waals surface area contributed by atoms with E-state index < -0.39 is 6.10 Å². The van der Waals surface area contributed by atoms with Gasteiger partial charge in [-0.3, -0.25) is 9.59 Å². The van der Waals surface area contributed by atoms with Gasteiger partial charge in [0.05, 0.1) is 17.2 Å². The molecule has 1 aliphatic heterocycles. The van der Waals surface area contributed by atoms with Gasteiger partial charge in [0.25, 0.3) is 11.8 Å². The van der Waals surface area contributed by atoms with E-state index >= 15 is 0 Å². The van der Waals surface area contributed by atoms with E-state index in [9.17, 15) is 9.59 Å². The van der Waals surface area contributed by atoms with Crippen LogP contribution in [0.1, 0.15) is 28.4 Å². The van der Waals surface area contributed by atoms with E-state index in [4.69, 9.17) is 32.7 Å². The van der Waals surface area contributed by atoms with Crippen LogP contribution in [0.4, 0.5) is 5.69 Å². The Morgan fingerprint density at radius 2 is 1.85 bits per heavy atom. The third-order valence-electron chi connectivity index (χ3n) is 5.65. The molecule has 176 valence electrons. The summed E-state index contributed by atoms with van der Waals surface area (Å²) in [4.78, 5) is 27.4. The summed E-state index contributed by atoms with van der Waals surface area (Å²) in [5.74, 6) is 1.03. The highest BCUT2D eigenvalue weighted by Crippen LogP contribution is 2.29. The van der Waals surface area contributed by atoms with Gasteiger partial charge in [-0.15, -0.1) is 0 Å². The number of carbonyl (C=O) groups is 2. The molecule has 0 saturated carbocycles. The molecule has 1 aliphatic rings. The average Bonchev–Trinajstić information content (AvgIpc) is 2.95. The molecule has 0 spiro atoms. The molecule has 1 N–H and O–H groups in total. The van der Waals surface area contributed by atoms with Crippen LogP contribution in [0.3, 0.4) is 0 Å². The molecule has 6 nitrogen and oxygen atoms in total. The van der Waals surface area contributed by atoms with Crippen molar-refractivity contribution in [3.63, 3.8) is 0 Å². The SMILES string of the molecule is COc1ccc(CCN2Cc3cc(NC(=O)c4ccc(Cl)c(Cl)c4)ccc3O[C@@H](C)C2=O)cc1. The van der Waals surface area contributed by atoms with Crippen LogP contribution < -0.4 is 14.8 Å². The van der Waals surface area contributed by atoms with Gasteiger partial charge in [-0.2, -0.15) is 0 Å². The number of ether oxygens (including phenoxy) is 2. The van der Waals surface area contributed by atoms with Gasteiger partial charge in [-0.1, -0.05) is 35.3 Å². The van der Waals surface area contributed by atoms with Gasteiger partial charge in [0.2, 0.25) is 0 Å². The average molecular weight is 499 g/mol. The minimum absolute atomic E-state index is 0.0777. The molecule has 0 radical (unpaired) electrons. The second kappa shape index (κ2) is 10.4. The molecule has 4 rings (SSSR count). The van der Waals surface area contributed by atoms with Crippen molar-refractivity contribution in [2.45, 2.75) is 26.0 Å². The number of methoxy groups -OCH3 is 1. The van der Waals surface area contributed by atoms with E-state index in [0.717, 1.165) is 16.9 Å². The van der Waals surface area contributed by atoms with Crippen molar-refractivity contribution >= 4 is 40.7 Å². The molecule has 0 aliphatic carbocycles. The first-order valence-corrected chi connectivity index (χ1v) is 11.6. The summed E-state index contributed by atoms with van der Waals surface area (Å²) in [6, 6.07) is 17.9. The number of hydrogen-bond acceptors (Lipinski definition) is 4. The van der Waals surface area contributed by atoms with Gasteiger partial charge in [0.1, 0.15) is 11.5 Å². The number of hydrogen-bond donors (Lipinski definition) is 1. The minimum Gasteiger partial charge on any atom is -0.497 e. The van der Waals surface area contributed by atoms with E-state index in [2.05, 4.69) is 5.32 Å². The standard InChI is InChI=1S/C26H24Cl2N2O4/c1-16-26(32)30(12-11-17-3-7-21(33-2)8-4-17)15-19-13-20(6-10-24(19)34-16)29-25(31)18-5-9-22(27)23(28)14-18/h3-10,13-14,16H,11-12,15H2,1-2H3,(H,29,31)/t16-/m0/s1. The van der Waals surface area contributed by atoms with Gasteiger partial charge in [-0.25, -0.2) is 0 Å². The van der Waals surface area contributed by atoms with Crippen LogP contribution in [0.5, 0.6) is 11.5 Å². The number of amides is 2. The molecule has 0 unspecified atom stereocenters. The van der Waals surface area contributed by atoms with Crippen molar-refractivity contribution in [3.8, 4) is 11.5 Å². The third kappa shape index (κ3) is 5.46. The summed E-state index contributed by atoms with van der Waals surface area (Å²) in [5, 5.41) is 3.56. The summed E-state index contributed by atoms with van der Waals surface area (Å²) in [5.41, 5.74) is 2.91. The quantitative estimate of drug-likeness (QED) is 0.479. The summed E-state index contributed by atoms with van der Waals surface area (Å²) in [6.07, 6.45) is 0.0969. The van der Waals surface area contributed by atoms with Crippen molar-refractivity contribution in [3.05, 3.63) is 87.4 Å². The number of fused-ring (bicyclic) bond motifs is 1. The molecule has 2 amide bonds. The first kappa shape index (κ1) is 23.9. The molecule has 0 fully saturated rings. The minimum atomic E-state index is -0.603. The van der Waals surface area contributed by atoms with Crippen molar-refractivity contribution in [1.82, 2.24) is 4.90 Å². The fourth-order valence-corrected chi connectivity index (χ4v) is 4.06. The lowest BCUT2D eigenvalue weighted by molar-refractivity contribution is -0.137. The largest absolute Gasteiger partial charge is 0.497 e. The second-order valence-corrected chi connectivity index (χ2v) is 8.84. The maximum atomic E-state index is 12.9. The Hall–Kier alpha value is -3.22. The molecular weight excluding hydrogens is 475 g/mol. The Balaban J connectivity index is 1.49. The summed E-state index contributed by atoms with van der Waals surface area (Å²) >= 11 is 12.0. The smallest absolute Gasteiger partial charge is 0.263 e. The van der Waals surface area contributed by atoms with Crippen LogP contribution in [0.2, 0.25) is 10.0 Å². The molecule has 1 atom stereocenters. The summed E-state index contributed by atoms with van der Waals surface area (Å²) < 4.78 is 11.1. The van der Waals surface area contributed by atoms with Gasteiger partial charge in [0, 0.05) is 29.9 Å². The Bertz CT molecular complexity index is 1210. The first-order chi connectivity index (χ1) is 16.3. The topological polar surface area (TPSA) is 67.9 Å². The van der Waals surface area contributed by atoms with Crippen LogP contribution in [0.25, 0.3) is 0 Å². The number of carbonyl (C=O) groups excluding carboxylic acids is 2. The maximum absolute atomic E-state index is 12.9.